The van der Waals surface area contributed by atoms with Crippen LogP contribution in [0.3, 0.4) is 0 Å². The molecule has 10 heavy (non-hydrogen) atoms. The molecule has 1 rings (SSSR count). The molecule has 2 unspecified atom stereocenters. The van der Waals surface area contributed by atoms with E-state index in [-0.39, 0.29) is 6.10 Å². The molecule has 0 aliphatic carbocycles. The van der Waals surface area contributed by atoms with E-state index in [2.05, 4.69) is 0 Å². The van der Waals surface area contributed by atoms with Crippen LogP contribution in [0.5, 0.6) is 0 Å². The van der Waals surface area contributed by atoms with Gasteiger partial charge in [0.1, 0.15) is 6.29 Å². The number of hydrogen-bond acceptors (Lipinski definition) is 3. The van der Waals surface area contributed by atoms with Crippen LogP contribution in [0, 0.1) is 0 Å². The fourth-order valence-electron chi connectivity index (χ4n) is 0.956. The van der Waals surface area contributed by atoms with Crippen LogP contribution in [0.1, 0.15) is 12.8 Å². The Labute approximate surface area is 59.3 Å². The number of carbonyl (C=O) groups is 1. The maximum atomic E-state index is 9.84. The van der Waals surface area contributed by atoms with Gasteiger partial charge in [0, 0.05) is 6.42 Å². The number of allylic oxidation sites excluding steroid dienone is 1. The summed E-state index contributed by atoms with van der Waals surface area (Å²) in [5.41, 5.74) is 0. The van der Waals surface area contributed by atoms with Crippen molar-refractivity contribution in [2.24, 2.45) is 0 Å². The predicted octanol–water partition coefficient (Wildman–Crippen LogP) is 0.239. The first-order chi connectivity index (χ1) is 4.83. The lowest BCUT2D eigenvalue weighted by Crippen LogP contribution is -2.06. The maximum Gasteiger partial charge on any atom is 0.155 e. The minimum absolute atomic E-state index is 0.0693. The van der Waals surface area contributed by atoms with E-state index in [1.807, 2.05) is 0 Å². The number of hydrogen-bond donors (Lipinski definition) is 1. The van der Waals surface area contributed by atoms with Crippen molar-refractivity contribution < 1.29 is 14.6 Å². The minimum atomic E-state index is -0.638. The second-order valence-electron chi connectivity index (χ2n) is 2.23. The van der Waals surface area contributed by atoms with E-state index in [0.717, 1.165) is 6.42 Å². The average molecular weight is 142 g/mol. The lowest BCUT2D eigenvalue weighted by Gasteiger charge is -2.02. The Bertz CT molecular complexity index is 142. The van der Waals surface area contributed by atoms with Gasteiger partial charge in [0.2, 0.25) is 0 Å². The van der Waals surface area contributed by atoms with Gasteiger partial charge < -0.3 is 9.84 Å². The van der Waals surface area contributed by atoms with Crippen molar-refractivity contribution in [3.63, 3.8) is 0 Å². The summed E-state index contributed by atoms with van der Waals surface area (Å²) in [4.78, 5) is 9.84. The molecule has 1 aliphatic heterocycles. The molecule has 0 amide bonds. The molecule has 0 aromatic rings. The SMILES string of the molecule is O=C/C=C/C1CCC(O)O1. The normalized spacial score (nSPS) is 33.3. The standard InChI is InChI=1S/C7H10O3/c8-5-1-2-6-3-4-7(9)10-6/h1-2,5-7,9H,3-4H2/b2-1+. The second kappa shape index (κ2) is 3.49. The smallest absolute Gasteiger partial charge is 0.155 e. The van der Waals surface area contributed by atoms with Gasteiger partial charge in [-0.3, -0.25) is 4.79 Å². The first-order valence-corrected chi connectivity index (χ1v) is 3.28. The summed E-state index contributed by atoms with van der Waals surface area (Å²) in [6, 6.07) is 0. The summed E-state index contributed by atoms with van der Waals surface area (Å²) < 4.78 is 4.97. The van der Waals surface area contributed by atoms with Crippen LogP contribution in [0.15, 0.2) is 12.2 Å². The number of ether oxygens (including phenoxy) is 1. The van der Waals surface area contributed by atoms with E-state index < -0.39 is 6.29 Å². The highest BCUT2D eigenvalue weighted by Crippen LogP contribution is 2.17. The Morgan fingerprint density at radius 3 is 2.80 bits per heavy atom. The summed E-state index contributed by atoms with van der Waals surface area (Å²) in [6.45, 7) is 0. The Kier molecular flexibility index (Phi) is 2.59. The molecule has 1 saturated heterocycles. The molecular weight excluding hydrogens is 132 g/mol. The van der Waals surface area contributed by atoms with Gasteiger partial charge in [0.25, 0.3) is 0 Å². The van der Waals surface area contributed by atoms with Crippen molar-refractivity contribution in [1.29, 1.82) is 0 Å². The first kappa shape index (κ1) is 7.44. The third-order valence-electron chi connectivity index (χ3n) is 1.43. The molecule has 0 bridgehead atoms. The molecule has 2 atom stereocenters. The third kappa shape index (κ3) is 1.93. The van der Waals surface area contributed by atoms with Crippen molar-refractivity contribution in [2.75, 3.05) is 0 Å². The Morgan fingerprint density at radius 1 is 1.50 bits per heavy atom. The molecule has 1 N–H and O–H groups in total. The molecule has 0 spiro atoms. The number of rotatable bonds is 2. The van der Waals surface area contributed by atoms with Crippen LogP contribution in [0.4, 0.5) is 0 Å². The highest BCUT2D eigenvalue weighted by atomic mass is 16.6. The van der Waals surface area contributed by atoms with Crippen LogP contribution in [-0.2, 0) is 9.53 Å². The minimum Gasteiger partial charge on any atom is -0.368 e. The molecule has 3 heteroatoms. The van der Waals surface area contributed by atoms with Crippen molar-refractivity contribution >= 4 is 6.29 Å². The quantitative estimate of drug-likeness (QED) is 0.443. The maximum absolute atomic E-state index is 9.84. The van der Waals surface area contributed by atoms with Gasteiger partial charge in [0.05, 0.1) is 6.10 Å². The molecule has 56 valence electrons. The third-order valence-corrected chi connectivity index (χ3v) is 1.43. The van der Waals surface area contributed by atoms with Gasteiger partial charge in [-0.2, -0.15) is 0 Å². The number of aliphatic hydroxyl groups is 1. The molecule has 1 aliphatic rings. The summed E-state index contributed by atoms with van der Waals surface area (Å²) >= 11 is 0. The molecule has 0 aromatic heterocycles. The molecule has 1 heterocycles. The molecular formula is C7H10O3. The lowest BCUT2D eigenvalue weighted by atomic mass is 10.2. The van der Waals surface area contributed by atoms with Gasteiger partial charge in [-0.25, -0.2) is 0 Å². The Hall–Kier alpha value is -0.670. The fourth-order valence-corrected chi connectivity index (χ4v) is 0.956. The van der Waals surface area contributed by atoms with E-state index in [1.54, 1.807) is 6.08 Å². The molecule has 0 aromatic carbocycles. The highest BCUT2D eigenvalue weighted by Gasteiger charge is 2.20. The average Bonchev–Trinajstić information content (AvgIpc) is 2.31. The van der Waals surface area contributed by atoms with Crippen molar-refractivity contribution in [3.05, 3.63) is 12.2 Å². The van der Waals surface area contributed by atoms with Gasteiger partial charge in [-0.15, -0.1) is 0 Å². The first-order valence-electron chi connectivity index (χ1n) is 3.28. The summed E-state index contributed by atoms with van der Waals surface area (Å²) in [7, 11) is 0. The van der Waals surface area contributed by atoms with E-state index in [4.69, 9.17) is 9.84 Å². The predicted molar refractivity (Wildman–Crippen MR) is 35.3 cm³/mol. The summed E-state index contributed by atoms with van der Waals surface area (Å²) in [6.07, 6.45) is 4.50. The molecule has 3 nitrogen and oxygen atoms in total. The Morgan fingerprint density at radius 2 is 2.30 bits per heavy atom. The summed E-state index contributed by atoms with van der Waals surface area (Å²) in [5, 5.41) is 8.85. The van der Waals surface area contributed by atoms with E-state index in [1.165, 1.54) is 6.08 Å². The number of aldehydes is 1. The van der Waals surface area contributed by atoms with E-state index >= 15 is 0 Å². The molecule has 0 radical (unpaired) electrons. The van der Waals surface area contributed by atoms with Crippen LogP contribution in [-0.4, -0.2) is 23.8 Å². The topological polar surface area (TPSA) is 46.5 Å². The van der Waals surface area contributed by atoms with Crippen molar-refractivity contribution in [3.8, 4) is 0 Å². The van der Waals surface area contributed by atoms with Gasteiger partial charge >= 0.3 is 0 Å². The van der Waals surface area contributed by atoms with Crippen molar-refractivity contribution in [2.45, 2.75) is 25.2 Å². The second-order valence-corrected chi connectivity index (χ2v) is 2.23. The zero-order chi connectivity index (χ0) is 7.40. The lowest BCUT2D eigenvalue weighted by molar-refractivity contribution is -0.104. The summed E-state index contributed by atoms with van der Waals surface area (Å²) in [5.74, 6) is 0. The van der Waals surface area contributed by atoms with Crippen LogP contribution < -0.4 is 0 Å². The fraction of sp³-hybridized carbons (Fsp3) is 0.571. The zero-order valence-electron chi connectivity index (χ0n) is 5.56. The van der Waals surface area contributed by atoms with Crippen LogP contribution >= 0.6 is 0 Å². The molecule has 0 saturated carbocycles. The van der Waals surface area contributed by atoms with Gasteiger partial charge in [0.15, 0.2) is 6.29 Å². The van der Waals surface area contributed by atoms with Gasteiger partial charge in [-0.05, 0) is 12.5 Å². The highest BCUT2D eigenvalue weighted by molar-refractivity contribution is 5.64. The Balaban J connectivity index is 2.30. The molecule has 1 fully saturated rings. The van der Waals surface area contributed by atoms with Gasteiger partial charge in [-0.1, -0.05) is 6.08 Å². The van der Waals surface area contributed by atoms with Crippen LogP contribution in [0.25, 0.3) is 0 Å². The van der Waals surface area contributed by atoms with E-state index in [9.17, 15) is 4.79 Å². The number of aliphatic hydroxyl groups excluding tert-OH is 1. The van der Waals surface area contributed by atoms with Crippen molar-refractivity contribution in [1.82, 2.24) is 0 Å². The number of carbonyl (C=O) groups excluding carboxylic acids is 1. The monoisotopic (exact) mass is 142 g/mol. The zero-order valence-corrected chi connectivity index (χ0v) is 5.56. The van der Waals surface area contributed by atoms with E-state index in [0.29, 0.717) is 12.7 Å². The largest absolute Gasteiger partial charge is 0.368 e. The van der Waals surface area contributed by atoms with Crippen LogP contribution in [0.2, 0.25) is 0 Å².